The summed E-state index contributed by atoms with van der Waals surface area (Å²) in [6.07, 6.45) is 3.82. The summed E-state index contributed by atoms with van der Waals surface area (Å²) in [5, 5.41) is 11.3. The lowest BCUT2D eigenvalue weighted by Gasteiger charge is -2.02. The molecule has 0 saturated heterocycles. The summed E-state index contributed by atoms with van der Waals surface area (Å²) >= 11 is 4.92. The zero-order valence-corrected chi connectivity index (χ0v) is 12.0. The molecule has 0 aromatic carbocycles. The lowest BCUT2D eigenvalue weighted by molar-refractivity contribution is 0.955. The summed E-state index contributed by atoms with van der Waals surface area (Å²) < 4.78 is 2.00. The van der Waals surface area contributed by atoms with Crippen LogP contribution >= 0.6 is 34.9 Å². The standard InChI is InChI=1S/C10H12N4S3/c1-11-7-3-4-12-8(5-7)6-16-10-14-13-9(15-2)17-10/h3-5H,6H2,1-2H3,(H,11,12). The first kappa shape index (κ1) is 12.7. The molecule has 0 aliphatic carbocycles. The first-order valence-electron chi connectivity index (χ1n) is 4.95. The molecule has 2 rings (SSSR count). The number of nitrogens with one attached hydrogen (secondary N) is 1. The molecule has 0 atom stereocenters. The zero-order chi connectivity index (χ0) is 12.1. The third-order valence-corrected chi connectivity index (χ3v) is 5.08. The van der Waals surface area contributed by atoms with Gasteiger partial charge in [0.1, 0.15) is 0 Å². The summed E-state index contributed by atoms with van der Waals surface area (Å²) in [5.41, 5.74) is 2.13. The summed E-state index contributed by atoms with van der Waals surface area (Å²) in [6, 6.07) is 3.99. The molecule has 0 aliphatic heterocycles. The second kappa shape index (κ2) is 6.23. The largest absolute Gasteiger partial charge is 0.388 e. The molecule has 0 spiro atoms. The van der Waals surface area contributed by atoms with Crippen molar-refractivity contribution in [3.05, 3.63) is 24.0 Å². The van der Waals surface area contributed by atoms with E-state index in [0.717, 1.165) is 25.8 Å². The normalized spacial score (nSPS) is 10.5. The van der Waals surface area contributed by atoms with E-state index in [-0.39, 0.29) is 0 Å². The molecule has 17 heavy (non-hydrogen) atoms. The highest BCUT2D eigenvalue weighted by molar-refractivity contribution is 8.02. The smallest absolute Gasteiger partial charge is 0.175 e. The number of thioether (sulfide) groups is 2. The first-order valence-corrected chi connectivity index (χ1v) is 7.97. The molecule has 2 aromatic rings. The van der Waals surface area contributed by atoms with Crippen molar-refractivity contribution < 1.29 is 0 Å². The molecule has 0 aliphatic rings. The Morgan fingerprint density at radius 2 is 2.18 bits per heavy atom. The van der Waals surface area contributed by atoms with Crippen LogP contribution in [0.25, 0.3) is 0 Å². The van der Waals surface area contributed by atoms with Crippen molar-refractivity contribution in [2.45, 2.75) is 14.4 Å². The van der Waals surface area contributed by atoms with Gasteiger partial charge in [0, 0.05) is 24.7 Å². The molecule has 0 bridgehead atoms. The molecule has 2 aromatic heterocycles. The third-order valence-electron chi connectivity index (χ3n) is 2.01. The van der Waals surface area contributed by atoms with Crippen LogP contribution in [0.5, 0.6) is 0 Å². The number of pyridine rings is 1. The molecule has 4 nitrogen and oxygen atoms in total. The lowest BCUT2D eigenvalue weighted by atomic mass is 10.3. The molecule has 0 amide bonds. The van der Waals surface area contributed by atoms with E-state index >= 15 is 0 Å². The maximum Gasteiger partial charge on any atom is 0.175 e. The average molecular weight is 284 g/mol. The Morgan fingerprint density at radius 3 is 2.88 bits per heavy atom. The second-order valence-corrected chi connectivity index (χ2v) is 6.37. The molecular weight excluding hydrogens is 272 g/mol. The molecule has 1 N–H and O–H groups in total. The highest BCUT2D eigenvalue weighted by Gasteiger charge is 2.04. The Kier molecular flexibility index (Phi) is 4.64. The number of hydrogen-bond donors (Lipinski definition) is 1. The van der Waals surface area contributed by atoms with Crippen LogP contribution < -0.4 is 5.32 Å². The molecule has 7 heteroatoms. The van der Waals surface area contributed by atoms with Gasteiger partial charge in [0.2, 0.25) is 0 Å². The van der Waals surface area contributed by atoms with Gasteiger partial charge in [-0.3, -0.25) is 4.98 Å². The Bertz CT molecular complexity index is 486. The fraction of sp³-hybridized carbons (Fsp3) is 0.300. The van der Waals surface area contributed by atoms with Crippen molar-refractivity contribution in [2.75, 3.05) is 18.6 Å². The van der Waals surface area contributed by atoms with Crippen LogP contribution in [-0.2, 0) is 5.75 Å². The number of rotatable bonds is 5. The molecular formula is C10H12N4S3. The van der Waals surface area contributed by atoms with Crippen LogP contribution in [0.1, 0.15) is 5.69 Å². The molecule has 90 valence electrons. The van der Waals surface area contributed by atoms with Gasteiger partial charge in [0.25, 0.3) is 0 Å². The SMILES string of the molecule is CNc1ccnc(CSc2nnc(SC)s2)c1. The summed E-state index contributed by atoms with van der Waals surface area (Å²) in [6.45, 7) is 0. The van der Waals surface area contributed by atoms with E-state index in [4.69, 9.17) is 0 Å². The van der Waals surface area contributed by atoms with Crippen molar-refractivity contribution in [1.82, 2.24) is 15.2 Å². The van der Waals surface area contributed by atoms with Crippen LogP contribution in [0, 0.1) is 0 Å². The summed E-state index contributed by atoms with van der Waals surface area (Å²) in [5.74, 6) is 0.818. The Labute approximate surface area is 113 Å². The van der Waals surface area contributed by atoms with Gasteiger partial charge < -0.3 is 5.32 Å². The van der Waals surface area contributed by atoms with Crippen molar-refractivity contribution in [3.8, 4) is 0 Å². The van der Waals surface area contributed by atoms with Crippen LogP contribution in [-0.4, -0.2) is 28.5 Å². The van der Waals surface area contributed by atoms with E-state index in [1.165, 1.54) is 0 Å². The predicted molar refractivity (Wildman–Crippen MR) is 75.0 cm³/mol. The van der Waals surface area contributed by atoms with Crippen molar-refractivity contribution in [1.29, 1.82) is 0 Å². The minimum absolute atomic E-state index is 0.818. The molecule has 0 fully saturated rings. The number of aromatic nitrogens is 3. The van der Waals surface area contributed by atoms with E-state index in [9.17, 15) is 0 Å². The van der Waals surface area contributed by atoms with Crippen LogP contribution in [0.2, 0.25) is 0 Å². The van der Waals surface area contributed by atoms with Gasteiger partial charge in [-0.15, -0.1) is 10.2 Å². The third kappa shape index (κ3) is 3.58. The van der Waals surface area contributed by atoms with Gasteiger partial charge in [-0.05, 0) is 18.4 Å². The highest BCUT2D eigenvalue weighted by atomic mass is 32.2. The Morgan fingerprint density at radius 1 is 1.35 bits per heavy atom. The number of hydrogen-bond acceptors (Lipinski definition) is 7. The first-order chi connectivity index (χ1) is 8.31. The van der Waals surface area contributed by atoms with Crippen molar-refractivity contribution >= 4 is 40.5 Å². The van der Waals surface area contributed by atoms with Gasteiger partial charge in [0.15, 0.2) is 8.68 Å². The maximum absolute atomic E-state index is 4.32. The minimum Gasteiger partial charge on any atom is -0.388 e. The van der Waals surface area contributed by atoms with Crippen molar-refractivity contribution in [3.63, 3.8) is 0 Å². The average Bonchev–Trinajstić information content (AvgIpc) is 2.84. The monoisotopic (exact) mass is 284 g/mol. The molecule has 0 unspecified atom stereocenters. The molecule has 0 saturated carbocycles. The molecule has 2 heterocycles. The van der Waals surface area contributed by atoms with E-state index in [2.05, 4.69) is 20.5 Å². The van der Waals surface area contributed by atoms with E-state index in [1.807, 2.05) is 31.6 Å². The van der Waals surface area contributed by atoms with E-state index in [0.29, 0.717) is 0 Å². The second-order valence-electron chi connectivity index (χ2n) is 3.11. The van der Waals surface area contributed by atoms with Gasteiger partial charge in [0.05, 0.1) is 5.69 Å². The van der Waals surface area contributed by atoms with Gasteiger partial charge in [-0.2, -0.15) is 0 Å². The topological polar surface area (TPSA) is 50.7 Å². The van der Waals surface area contributed by atoms with E-state index < -0.39 is 0 Å². The van der Waals surface area contributed by atoms with Crippen LogP contribution in [0.3, 0.4) is 0 Å². The Balaban J connectivity index is 1.96. The Hall–Kier alpha value is -0.790. The summed E-state index contributed by atoms with van der Waals surface area (Å²) in [4.78, 5) is 4.32. The minimum atomic E-state index is 0.818. The fourth-order valence-electron chi connectivity index (χ4n) is 1.19. The van der Waals surface area contributed by atoms with Gasteiger partial charge in [-0.25, -0.2) is 0 Å². The lowest BCUT2D eigenvalue weighted by Crippen LogP contribution is -1.92. The predicted octanol–water partition coefficient (Wildman–Crippen LogP) is 2.99. The van der Waals surface area contributed by atoms with Gasteiger partial charge in [-0.1, -0.05) is 34.9 Å². The van der Waals surface area contributed by atoms with E-state index in [1.54, 1.807) is 34.9 Å². The van der Waals surface area contributed by atoms with Gasteiger partial charge >= 0.3 is 0 Å². The highest BCUT2D eigenvalue weighted by Crippen LogP contribution is 2.29. The zero-order valence-electron chi connectivity index (χ0n) is 9.51. The quantitative estimate of drug-likeness (QED) is 0.852. The number of anilines is 1. The van der Waals surface area contributed by atoms with Crippen molar-refractivity contribution in [2.24, 2.45) is 0 Å². The molecule has 0 radical (unpaired) electrons. The number of nitrogens with zero attached hydrogens (tertiary/aromatic N) is 3. The van der Waals surface area contributed by atoms with Crippen LogP contribution in [0.15, 0.2) is 27.0 Å². The fourth-order valence-corrected chi connectivity index (χ4v) is 3.53. The van der Waals surface area contributed by atoms with Crippen LogP contribution in [0.4, 0.5) is 5.69 Å². The summed E-state index contributed by atoms with van der Waals surface area (Å²) in [7, 11) is 1.90. The maximum atomic E-state index is 4.32.